The summed E-state index contributed by atoms with van der Waals surface area (Å²) in [7, 11) is 0. The van der Waals surface area contributed by atoms with E-state index in [0.29, 0.717) is 0 Å². The molecular weight excluding hydrogens is 148 g/mol. The number of hydrogen-bond donors (Lipinski definition) is 3. The van der Waals surface area contributed by atoms with Crippen LogP contribution in [-0.2, 0) is 9.59 Å². The Morgan fingerprint density at radius 1 is 1.55 bits per heavy atom. The SMILES string of the molecule is C[C](O)C(=O)[C@@H](N)CC(N)=O. The molecule has 0 aliphatic heterocycles. The molecule has 11 heavy (non-hydrogen) atoms. The second-order valence-electron chi connectivity index (χ2n) is 2.23. The maximum atomic E-state index is 10.8. The number of hydrogen-bond acceptors (Lipinski definition) is 4. The molecule has 0 unspecified atom stereocenters. The van der Waals surface area contributed by atoms with E-state index in [4.69, 9.17) is 16.6 Å². The molecule has 0 bridgehead atoms. The Bertz CT molecular complexity index is 167. The Kier molecular flexibility index (Phi) is 3.70. The van der Waals surface area contributed by atoms with Gasteiger partial charge in [-0.05, 0) is 6.92 Å². The summed E-state index contributed by atoms with van der Waals surface area (Å²) in [5.41, 5.74) is 9.96. The zero-order valence-electron chi connectivity index (χ0n) is 6.20. The van der Waals surface area contributed by atoms with Crippen molar-refractivity contribution in [2.75, 3.05) is 0 Å². The first-order valence-corrected chi connectivity index (χ1v) is 3.05. The molecule has 1 amide bonds. The lowest BCUT2D eigenvalue weighted by molar-refractivity contribution is -0.126. The molecule has 0 aromatic heterocycles. The van der Waals surface area contributed by atoms with Crippen molar-refractivity contribution in [3.8, 4) is 0 Å². The van der Waals surface area contributed by atoms with Crippen molar-refractivity contribution in [2.45, 2.75) is 19.4 Å². The van der Waals surface area contributed by atoms with Crippen molar-refractivity contribution in [1.82, 2.24) is 0 Å². The first kappa shape index (κ1) is 10.1. The van der Waals surface area contributed by atoms with Crippen LogP contribution in [0.5, 0.6) is 0 Å². The largest absolute Gasteiger partial charge is 0.379 e. The van der Waals surface area contributed by atoms with E-state index in [1.165, 1.54) is 6.92 Å². The van der Waals surface area contributed by atoms with Gasteiger partial charge < -0.3 is 16.6 Å². The van der Waals surface area contributed by atoms with Gasteiger partial charge in [-0.1, -0.05) is 0 Å². The number of carbonyl (C=O) groups is 2. The van der Waals surface area contributed by atoms with Crippen LogP contribution in [0.2, 0.25) is 0 Å². The maximum absolute atomic E-state index is 10.8. The maximum Gasteiger partial charge on any atom is 0.219 e. The summed E-state index contributed by atoms with van der Waals surface area (Å²) in [5.74, 6) is -1.31. The molecule has 0 saturated carbocycles. The van der Waals surface area contributed by atoms with Crippen molar-refractivity contribution >= 4 is 11.7 Å². The number of ketones is 1. The molecule has 0 rings (SSSR count). The van der Waals surface area contributed by atoms with Gasteiger partial charge in [-0.2, -0.15) is 0 Å². The first-order chi connectivity index (χ1) is 4.95. The molecule has 5 heteroatoms. The fourth-order valence-electron chi connectivity index (χ4n) is 0.578. The summed E-state index contributed by atoms with van der Waals surface area (Å²) in [6, 6.07) is -1.02. The Hall–Kier alpha value is -0.940. The van der Waals surface area contributed by atoms with E-state index in [9.17, 15) is 9.59 Å². The lowest BCUT2D eigenvalue weighted by atomic mass is 10.1. The van der Waals surface area contributed by atoms with Crippen LogP contribution >= 0.6 is 0 Å². The van der Waals surface area contributed by atoms with E-state index in [-0.39, 0.29) is 6.42 Å². The summed E-state index contributed by atoms with van der Waals surface area (Å²) in [6.07, 6.45) is -0.643. The van der Waals surface area contributed by atoms with E-state index < -0.39 is 23.8 Å². The van der Waals surface area contributed by atoms with E-state index in [2.05, 4.69) is 0 Å². The van der Waals surface area contributed by atoms with Crippen molar-refractivity contribution in [2.24, 2.45) is 11.5 Å². The van der Waals surface area contributed by atoms with Crippen molar-refractivity contribution in [3.63, 3.8) is 0 Å². The van der Waals surface area contributed by atoms with Crippen LogP contribution < -0.4 is 11.5 Å². The number of amides is 1. The van der Waals surface area contributed by atoms with Gasteiger partial charge in [0.15, 0.2) is 11.9 Å². The Morgan fingerprint density at radius 2 is 2.00 bits per heavy atom. The van der Waals surface area contributed by atoms with Crippen LogP contribution in [0.4, 0.5) is 0 Å². The van der Waals surface area contributed by atoms with Gasteiger partial charge in [-0.15, -0.1) is 0 Å². The second kappa shape index (κ2) is 4.05. The summed E-state index contributed by atoms with van der Waals surface area (Å²) in [4.78, 5) is 21.0. The minimum absolute atomic E-state index is 0.239. The molecule has 0 saturated heterocycles. The van der Waals surface area contributed by atoms with Crippen LogP contribution in [0, 0.1) is 6.10 Å². The van der Waals surface area contributed by atoms with Crippen LogP contribution in [0.3, 0.4) is 0 Å². The number of nitrogens with two attached hydrogens (primary N) is 2. The molecule has 0 aromatic carbocycles. The molecule has 1 radical (unpaired) electrons. The topological polar surface area (TPSA) is 106 Å². The van der Waals surface area contributed by atoms with Gasteiger partial charge in [0.25, 0.3) is 0 Å². The molecule has 5 N–H and O–H groups in total. The molecule has 63 valence electrons. The van der Waals surface area contributed by atoms with E-state index in [0.717, 1.165) is 0 Å². The smallest absolute Gasteiger partial charge is 0.219 e. The standard InChI is InChI=1S/C6H11N2O3/c1-3(9)6(11)4(7)2-5(8)10/h4,9H,2,7H2,1H3,(H2,8,10)/t4-/m0/s1. The van der Waals surface area contributed by atoms with Crippen LogP contribution in [0.15, 0.2) is 0 Å². The molecule has 0 spiro atoms. The van der Waals surface area contributed by atoms with E-state index in [1.807, 2.05) is 0 Å². The second-order valence-corrected chi connectivity index (χ2v) is 2.23. The van der Waals surface area contributed by atoms with Gasteiger partial charge in [0.1, 0.15) is 0 Å². The minimum Gasteiger partial charge on any atom is -0.379 e. The van der Waals surface area contributed by atoms with Gasteiger partial charge in [-0.3, -0.25) is 9.59 Å². The van der Waals surface area contributed by atoms with Gasteiger partial charge in [0, 0.05) is 6.42 Å². The van der Waals surface area contributed by atoms with E-state index >= 15 is 0 Å². The normalized spacial score (nSPS) is 13.1. The third-order valence-electron chi connectivity index (χ3n) is 1.11. The molecule has 0 fully saturated rings. The minimum atomic E-state index is -1.02. The fourth-order valence-corrected chi connectivity index (χ4v) is 0.578. The predicted octanol–water partition coefficient (Wildman–Crippen LogP) is -1.32. The molecule has 5 nitrogen and oxygen atoms in total. The summed E-state index contributed by atoms with van der Waals surface area (Å²) in [6.45, 7) is 1.21. The van der Waals surface area contributed by atoms with Gasteiger partial charge >= 0.3 is 0 Å². The lowest BCUT2D eigenvalue weighted by Gasteiger charge is -2.08. The number of rotatable bonds is 4. The molecular formula is C6H11N2O3. The monoisotopic (exact) mass is 159 g/mol. The third-order valence-corrected chi connectivity index (χ3v) is 1.11. The number of aliphatic hydroxyl groups is 1. The molecule has 0 aromatic rings. The summed E-state index contributed by atoms with van der Waals surface area (Å²) < 4.78 is 0. The number of aliphatic hydroxyl groups excluding tert-OH is 1. The highest BCUT2D eigenvalue weighted by molar-refractivity contribution is 5.96. The van der Waals surface area contributed by atoms with Crippen LogP contribution in [0.1, 0.15) is 13.3 Å². The van der Waals surface area contributed by atoms with Gasteiger partial charge in [0.2, 0.25) is 5.91 Å². The molecule has 0 aliphatic rings. The fraction of sp³-hybridized carbons (Fsp3) is 0.500. The Balaban J connectivity index is 3.93. The summed E-state index contributed by atoms with van der Waals surface area (Å²) >= 11 is 0. The average molecular weight is 159 g/mol. The highest BCUT2D eigenvalue weighted by Crippen LogP contribution is 1.99. The molecule has 1 atom stereocenters. The van der Waals surface area contributed by atoms with E-state index in [1.54, 1.807) is 0 Å². The highest BCUT2D eigenvalue weighted by atomic mass is 16.3. The Labute approximate surface area is 64.4 Å². The molecule has 0 aliphatic carbocycles. The average Bonchev–Trinajstić information content (AvgIpc) is 1.84. The summed E-state index contributed by atoms with van der Waals surface area (Å²) in [5, 5.41) is 8.64. The third kappa shape index (κ3) is 3.69. The zero-order chi connectivity index (χ0) is 9.02. The lowest BCUT2D eigenvalue weighted by Crippen LogP contribution is -2.37. The van der Waals surface area contributed by atoms with Gasteiger partial charge in [0.05, 0.1) is 6.04 Å². The highest BCUT2D eigenvalue weighted by Gasteiger charge is 2.20. The van der Waals surface area contributed by atoms with Crippen molar-refractivity contribution < 1.29 is 14.7 Å². The molecule has 0 heterocycles. The zero-order valence-corrected chi connectivity index (χ0v) is 6.20. The Morgan fingerprint density at radius 3 is 2.27 bits per heavy atom. The van der Waals surface area contributed by atoms with Gasteiger partial charge in [-0.25, -0.2) is 0 Å². The number of primary amides is 1. The predicted molar refractivity (Wildman–Crippen MR) is 37.6 cm³/mol. The number of carbonyl (C=O) groups excluding carboxylic acids is 2. The van der Waals surface area contributed by atoms with Crippen LogP contribution in [-0.4, -0.2) is 22.8 Å². The van der Waals surface area contributed by atoms with Crippen molar-refractivity contribution in [1.29, 1.82) is 0 Å². The quantitative estimate of drug-likeness (QED) is 0.473. The van der Waals surface area contributed by atoms with Crippen molar-refractivity contribution in [3.05, 3.63) is 6.10 Å². The number of Topliss-reactive ketones (excluding diaryl/α,β-unsaturated/α-hetero) is 1. The van der Waals surface area contributed by atoms with Crippen LogP contribution in [0.25, 0.3) is 0 Å². The first-order valence-electron chi connectivity index (χ1n) is 3.05.